The average molecular weight is 312 g/mol. The summed E-state index contributed by atoms with van der Waals surface area (Å²) in [6, 6.07) is 5.64. The third-order valence-electron chi connectivity index (χ3n) is 3.41. The van der Waals surface area contributed by atoms with Gasteiger partial charge in [0.25, 0.3) is 0 Å². The second-order valence-electron chi connectivity index (χ2n) is 4.74. The van der Waals surface area contributed by atoms with E-state index in [1.807, 2.05) is 6.92 Å². The predicted molar refractivity (Wildman–Crippen MR) is 78.6 cm³/mol. The third kappa shape index (κ3) is 3.19. The van der Waals surface area contributed by atoms with Gasteiger partial charge in [0.05, 0.1) is 11.5 Å². The van der Waals surface area contributed by atoms with E-state index in [4.69, 9.17) is 4.74 Å². The molecule has 0 aromatic heterocycles. The molecule has 7 heteroatoms. The van der Waals surface area contributed by atoms with Crippen LogP contribution in [0.4, 0.5) is 0 Å². The normalized spacial score (nSPS) is 20.1. The van der Waals surface area contributed by atoms with Crippen LogP contribution < -0.4 is 10.1 Å². The summed E-state index contributed by atoms with van der Waals surface area (Å²) in [5, 5.41) is 2.70. The van der Waals surface area contributed by atoms with Crippen molar-refractivity contribution >= 4 is 15.9 Å². The van der Waals surface area contributed by atoms with Gasteiger partial charge in [-0.3, -0.25) is 4.79 Å². The Bertz CT molecular complexity index is 598. The highest BCUT2D eigenvalue weighted by Crippen LogP contribution is 2.23. The summed E-state index contributed by atoms with van der Waals surface area (Å²) >= 11 is 0. The zero-order valence-electron chi connectivity index (χ0n) is 12.2. The van der Waals surface area contributed by atoms with Gasteiger partial charge < -0.3 is 10.1 Å². The molecule has 1 N–H and O–H groups in total. The molecule has 6 nitrogen and oxygen atoms in total. The molecule has 1 heterocycles. The van der Waals surface area contributed by atoms with Gasteiger partial charge in [-0.25, -0.2) is 8.42 Å². The molecule has 1 unspecified atom stereocenters. The number of benzene rings is 1. The van der Waals surface area contributed by atoms with Gasteiger partial charge >= 0.3 is 0 Å². The highest BCUT2D eigenvalue weighted by molar-refractivity contribution is 7.89. The molecule has 1 atom stereocenters. The molecule has 1 amide bonds. The largest absolute Gasteiger partial charge is 0.494 e. The van der Waals surface area contributed by atoms with Crippen molar-refractivity contribution in [3.05, 3.63) is 24.3 Å². The average Bonchev–Trinajstić information content (AvgIpc) is 2.48. The number of carbonyl (C=O) groups is 1. The minimum absolute atomic E-state index is 0.180. The van der Waals surface area contributed by atoms with Crippen molar-refractivity contribution in [1.29, 1.82) is 0 Å². The molecule has 1 aliphatic rings. The Balaban J connectivity index is 2.29. The van der Waals surface area contributed by atoms with Crippen molar-refractivity contribution in [3.8, 4) is 5.75 Å². The van der Waals surface area contributed by atoms with Gasteiger partial charge in [-0.15, -0.1) is 0 Å². The van der Waals surface area contributed by atoms with Crippen molar-refractivity contribution in [2.24, 2.45) is 0 Å². The number of carbonyl (C=O) groups excluding carboxylic acids is 1. The number of amides is 1. The molecule has 1 aromatic rings. The third-order valence-corrected chi connectivity index (χ3v) is 5.33. The molecule has 0 radical (unpaired) electrons. The van der Waals surface area contributed by atoms with Gasteiger partial charge in [-0.2, -0.15) is 4.31 Å². The standard InChI is InChI=1S/C14H20N2O4S/c1-3-13-14(17)15-9-10-16(13)21(18,19)12-7-5-11(6-8-12)20-4-2/h5-8,13H,3-4,9-10H2,1-2H3,(H,15,17). The SMILES string of the molecule is CCOc1ccc(S(=O)(=O)N2CCNC(=O)C2CC)cc1. The van der Waals surface area contributed by atoms with Gasteiger partial charge in [0, 0.05) is 13.1 Å². The molecule has 0 aliphatic carbocycles. The molecule has 1 aromatic carbocycles. The maximum Gasteiger partial charge on any atom is 0.243 e. The van der Waals surface area contributed by atoms with Crippen LogP contribution >= 0.6 is 0 Å². The van der Waals surface area contributed by atoms with Crippen LogP contribution in [0.25, 0.3) is 0 Å². The molecule has 116 valence electrons. The summed E-state index contributed by atoms with van der Waals surface area (Å²) in [4.78, 5) is 12.0. The Labute approximate surface area is 125 Å². The number of nitrogens with zero attached hydrogens (tertiary/aromatic N) is 1. The first-order chi connectivity index (χ1) is 10.0. The first-order valence-corrected chi connectivity index (χ1v) is 8.47. The maximum absolute atomic E-state index is 12.7. The Morgan fingerprint density at radius 3 is 2.52 bits per heavy atom. The number of ether oxygens (including phenoxy) is 1. The summed E-state index contributed by atoms with van der Waals surface area (Å²) in [5.41, 5.74) is 0. The van der Waals surface area contributed by atoms with E-state index in [2.05, 4.69) is 5.32 Å². The number of nitrogens with one attached hydrogen (secondary N) is 1. The van der Waals surface area contributed by atoms with Gasteiger partial charge in [0.1, 0.15) is 11.8 Å². The summed E-state index contributed by atoms with van der Waals surface area (Å²) in [5.74, 6) is 0.387. The molecule has 21 heavy (non-hydrogen) atoms. The van der Waals surface area contributed by atoms with Gasteiger partial charge in [0.15, 0.2) is 0 Å². The van der Waals surface area contributed by atoms with E-state index in [0.717, 1.165) is 0 Å². The lowest BCUT2D eigenvalue weighted by molar-refractivity contribution is -0.126. The van der Waals surface area contributed by atoms with Crippen molar-refractivity contribution in [2.75, 3.05) is 19.7 Å². The summed E-state index contributed by atoms with van der Waals surface area (Å²) < 4.78 is 31.9. The monoisotopic (exact) mass is 312 g/mol. The number of piperazine rings is 1. The number of sulfonamides is 1. The molecule has 0 saturated carbocycles. The Morgan fingerprint density at radius 2 is 1.95 bits per heavy atom. The fraction of sp³-hybridized carbons (Fsp3) is 0.500. The van der Waals surface area contributed by atoms with Crippen LogP contribution in [0.1, 0.15) is 20.3 Å². The van der Waals surface area contributed by atoms with Crippen LogP contribution in [-0.4, -0.2) is 44.4 Å². The molecule has 0 spiro atoms. The molecule has 1 saturated heterocycles. The molecular weight excluding hydrogens is 292 g/mol. The van der Waals surface area contributed by atoms with Crippen molar-refractivity contribution in [2.45, 2.75) is 31.2 Å². The smallest absolute Gasteiger partial charge is 0.243 e. The Kier molecular flexibility index (Phi) is 4.84. The van der Waals surface area contributed by atoms with Crippen molar-refractivity contribution < 1.29 is 17.9 Å². The summed E-state index contributed by atoms with van der Waals surface area (Å²) in [6.45, 7) is 4.82. The van der Waals surface area contributed by atoms with Crippen LogP contribution in [0.2, 0.25) is 0 Å². The van der Waals surface area contributed by atoms with E-state index in [9.17, 15) is 13.2 Å². The van der Waals surface area contributed by atoms with Crippen molar-refractivity contribution in [3.63, 3.8) is 0 Å². The minimum Gasteiger partial charge on any atom is -0.494 e. The van der Waals surface area contributed by atoms with E-state index in [1.54, 1.807) is 19.1 Å². The zero-order chi connectivity index (χ0) is 15.5. The number of rotatable bonds is 5. The van der Waals surface area contributed by atoms with Crippen molar-refractivity contribution in [1.82, 2.24) is 9.62 Å². The number of hydrogen-bond donors (Lipinski definition) is 1. The van der Waals surface area contributed by atoms with Crippen LogP contribution in [0.15, 0.2) is 29.2 Å². The zero-order valence-corrected chi connectivity index (χ0v) is 13.0. The first-order valence-electron chi connectivity index (χ1n) is 7.03. The Hall–Kier alpha value is -1.60. The van der Waals surface area contributed by atoms with Crippen LogP contribution in [0.3, 0.4) is 0 Å². The van der Waals surface area contributed by atoms with Gasteiger partial charge in [-0.1, -0.05) is 6.92 Å². The second-order valence-corrected chi connectivity index (χ2v) is 6.63. The maximum atomic E-state index is 12.7. The van der Waals surface area contributed by atoms with E-state index in [1.165, 1.54) is 16.4 Å². The molecule has 2 rings (SSSR count). The van der Waals surface area contributed by atoms with E-state index >= 15 is 0 Å². The summed E-state index contributed by atoms with van der Waals surface area (Å²) in [6.07, 6.45) is 0.447. The topological polar surface area (TPSA) is 75.7 Å². The molecule has 1 aliphatic heterocycles. The van der Waals surface area contributed by atoms with Crippen LogP contribution in [0, 0.1) is 0 Å². The second kappa shape index (κ2) is 6.44. The van der Waals surface area contributed by atoms with Gasteiger partial charge in [-0.05, 0) is 37.6 Å². The highest BCUT2D eigenvalue weighted by Gasteiger charge is 2.37. The number of hydrogen-bond acceptors (Lipinski definition) is 4. The van der Waals surface area contributed by atoms with Crippen LogP contribution in [-0.2, 0) is 14.8 Å². The molecular formula is C14H20N2O4S. The summed E-state index contributed by atoms with van der Waals surface area (Å²) in [7, 11) is -3.67. The molecule has 1 fully saturated rings. The Morgan fingerprint density at radius 1 is 1.29 bits per heavy atom. The van der Waals surface area contributed by atoms with Crippen LogP contribution in [0.5, 0.6) is 5.75 Å². The lowest BCUT2D eigenvalue weighted by Gasteiger charge is -2.33. The quantitative estimate of drug-likeness (QED) is 0.879. The van der Waals surface area contributed by atoms with E-state index < -0.39 is 16.1 Å². The molecule has 0 bridgehead atoms. The highest BCUT2D eigenvalue weighted by atomic mass is 32.2. The first kappa shape index (κ1) is 15.8. The fourth-order valence-electron chi connectivity index (χ4n) is 2.38. The lowest BCUT2D eigenvalue weighted by Crippen LogP contribution is -2.56. The van der Waals surface area contributed by atoms with E-state index in [0.29, 0.717) is 31.9 Å². The van der Waals surface area contributed by atoms with Gasteiger partial charge in [0.2, 0.25) is 15.9 Å². The predicted octanol–water partition coefficient (Wildman–Crippen LogP) is 0.984. The van der Waals surface area contributed by atoms with E-state index in [-0.39, 0.29) is 10.8 Å². The minimum atomic E-state index is -3.67. The lowest BCUT2D eigenvalue weighted by atomic mass is 10.2. The fourth-order valence-corrected chi connectivity index (χ4v) is 4.04.